The molecule has 0 bridgehead atoms. The van der Waals surface area contributed by atoms with E-state index in [1.165, 1.54) is 24.3 Å². The number of ketones is 3. The van der Waals surface area contributed by atoms with E-state index in [0.717, 1.165) is 38.5 Å². The molecule has 19 heteroatoms. The van der Waals surface area contributed by atoms with E-state index in [1.54, 1.807) is 0 Å². The number of nitrogens with zero attached hydrogens (tertiary/aromatic N) is 1. The molecule has 2 aliphatic heterocycles. The summed E-state index contributed by atoms with van der Waals surface area (Å²) in [7, 11) is -0.763. The Balaban J connectivity index is 0.0000112. The van der Waals surface area contributed by atoms with Crippen LogP contribution >= 0.6 is 8.69 Å². The van der Waals surface area contributed by atoms with E-state index in [4.69, 9.17) is 10.3 Å². The second kappa shape index (κ2) is 32.3. The van der Waals surface area contributed by atoms with Crippen LogP contribution in [0.4, 0.5) is 0 Å². The van der Waals surface area contributed by atoms with Crippen molar-refractivity contribution in [2.24, 2.45) is 29.4 Å². The first-order chi connectivity index (χ1) is 31.1. The van der Waals surface area contributed by atoms with Crippen LogP contribution in [0.2, 0.25) is 0 Å². The monoisotopic (exact) mass is 964 g/mol. The van der Waals surface area contributed by atoms with Gasteiger partial charge in [-0.25, -0.2) is 4.57 Å². The Morgan fingerprint density at radius 1 is 0.866 bits per heavy atom. The van der Waals surface area contributed by atoms with Crippen molar-refractivity contribution in [2.45, 2.75) is 180 Å². The Labute approximate surface area is 397 Å². The van der Waals surface area contributed by atoms with Crippen LogP contribution in [0.3, 0.4) is 0 Å². The molecule has 0 spiro atoms. The van der Waals surface area contributed by atoms with E-state index < -0.39 is 105 Å². The quantitative estimate of drug-likeness (QED) is 0.0876. The van der Waals surface area contributed by atoms with Crippen molar-refractivity contribution in [2.75, 3.05) is 13.2 Å². The van der Waals surface area contributed by atoms with Crippen molar-refractivity contribution < 1.29 is 63.5 Å². The largest absolute Gasteiger partial charge is 0.412 e. The van der Waals surface area contributed by atoms with Gasteiger partial charge in [0.15, 0.2) is 11.6 Å². The number of primary amides is 1. The van der Waals surface area contributed by atoms with Crippen molar-refractivity contribution >= 4 is 55.6 Å². The second-order valence-electron chi connectivity index (χ2n) is 18.4. The van der Waals surface area contributed by atoms with E-state index in [9.17, 15) is 48.0 Å². The fourth-order valence-corrected chi connectivity index (χ4v) is 9.29. The van der Waals surface area contributed by atoms with E-state index in [-0.39, 0.29) is 60.7 Å². The highest BCUT2D eigenvalue weighted by molar-refractivity contribution is 7.17. The van der Waals surface area contributed by atoms with Gasteiger partial charge in [-0.05, 0) is 76.2 Å². The van der Waals surface area contributed by atoms with Crippen molar-refractivity contribution in [3.63, 3.8) is 0 Å². The molecular weight excluding hydrogens is 886 g/mol. The Hall–Kier alpha value is -4.48. The van der Waals surface area contributed by atoms with Crippen LogP contribution in [-0.4, -0.2) is 111 Å². The average molecular weight is 964 g/mol. The molecule has 0 radical (unpaired) electrons. The number of rotatable bonds is 21. The Bertz CT molecular complexity index is 1750. The Morgan fingerprint density at radius 3 is 2.16 bits per heavy atom. The summed E-state index contributed by atoms with van der Waals surface area (Å²) >= 11 is 0. The van der Waals surface area contributed by atoms with Crippen LogP contribution in [0.5, 0.6) is 0 Å². The molecule has 2 fully saturated rings. The molecule has 18 nitrogen and oxygen atoms in total. The topological polar surface area (TPSA) is 311 Å². The van der Waals surface area contributed by atoms with Gasteiger partial charge in [-0.2, -0.15) is 0 Å². The molecule has 1 aromatic carbocycles. The number of carbonyl (C=O) groups excluding carboxylic acids is 8. The van der Waals surface area contributed by atoms with Crippen LogP contribution in [0, 0.1) is 23.7 Å². The lowest BCUT2D eigenvalue weighted by atomic mass is 9.81. The highest BCUT2D eigenvalue weighted by Crippen LogP contribution is 2.28. The summed E-state index contributed by atoms with van der Waals surface area (Å²) in [6, 6.07) is 5.95. The molecule has 1 unspecified atom stereocenters. The fourth-order valence-electron chi connectivity index (χ4n) is 9.00. The third-order valence-corrected chi connectivity index (χ3v) is 13.2. The van der Waals surface area contributed by atoms with Crippen LogP contribution in [0.25, 0.3) is 0 Å². The molecule has 3 rings (SSSR count). The van der Waals surface area contributed by atoms with Crippen molar-refractivity contribution in [1.82, 2.24) is 20.9 Å². The van der Waals surface area contributed by atoms with Gasteiger partial charge in [-0.3, -0.25) is 42.9 Å². The minimum atomic E-state index is -1.54. The number of aryl methyl sites for hydroxylation is 1. The summed E-state index contributed by atoms with van der Waals surface area (Å²) in [6.07, 6.45) is 8.19. The molecule has 67 heavy (non-hydrogen) atoms. The first kappa shape index (κ1) is 60.5. The molecule has 2 heterocycles. The number of Topliss-reactive ketones (excluding diaryl/α,β-unsaturated/α-hetero) is 3. The molecule has 10 N–H and O–H groups in total. The number of benzene rings is 1. The molecular formula is C48H78N5O13P. The van der Waals surface area contributed by atoms with Gasteiger partial charge < -0.3 is 42.6 Å². The molecule has 2 saturated heterocycles. The van der Waals surface area contributed by atoms with Gasteiger partial charge >= 0.3 is 8.69 Å². The molecule has 2 aliphatic rings. The average Bonchev–Trinajstić information content (AvgIpc) is 3.77. The smallest absolute Gasteiger partial charge is 0.327 e. The van der Waals surface area contributed by atoms with Crippen LogP contribution in [0.1, 0.15) is 149 Å². The lowest BCUT2D eigenvalue weighted by Gasteiger charge is -2.29. The summed E-state index contributed by atoms with van der Waals surface area (Å²) in [5, 5.41) is 18.5. The van der Waals surface area contributed by atoms with Gasteiger partial charge in [-0.15, -0.1) is 0 Å². The van der Waals surface area contributed by atoms with E-state index in [1.807, 2.05) is 32.0 Å². The van der Waals surface area contributed by atoms with Gasteiger partial charge in [0.25, 0.3) is 0 Å². The summed E-state index contributed by atoms with van der Waals surface area (Å²) in [5.41, 5.74) is 6.94. The number of carbonyl (C=O) groups is 8. The second-order valence-corrected chi connectivity index (χ2v) is 18.8. The van der Waals surface area contributed by atoms with Gasteiger partial charge in [-0.1, -0.05) is 89.1 Å². The maximum absolute atomic E-state index is 14.4. The maximum Gasteiger partial charge on any atom is 0.327 e. The maximum atomic E-state index is 14.4. The number of nitrogens with one attached hydrogen (secondary N) is 3. The van der Waals surface area contributed by atoms with E-state index >= 15 is 0 Å². The number of hydrogen-bond donors (Lipinski definition) is 5. The van der Waals surface area contributed by atoms with Crippen LogP contribution < -0.4 is 21.7 Å². The molecule has 0 saturated carbocycles. The van der Waals surface area contributed by atoms with Gasteiger partial charge in [0.2, 0.25) is 29.5 Å². The summed E-state index contributed by atoms with van der Waals surface area (Å²) < 4.78 is 16.5. The summed E-state index contributed by atoms with van der Waals surface area (Å²) in [6.45, 7) is 6.16. The lowest BCUT2D eigenvalue weighted by molar-refractivity contribution is -0.139. The third-order valence-electron chi connectivity index (χ3n) is 12.8. The zero-order valence-corrected chi connectivity index (χ0v) is 40.8. The molecule has 5 amide bonds. The highest BCUT2D eigenvalue weighted by atomic mass is 31.1. The predicted octanol–water partition coefficient (Wildman–Crippen LogP) is 3.60. The number of unbranched alkanes of at least 4 members (excludes halogenated alkanes) is 5. The number of likely N-dealkylation sites (tertiary alicyclic amines) is 1. The Kier molecular flexibility index (Phi) is 29.2. The van der Waals surface area contributed by atoms with Gasteiger partial charge in [0.1, 0.15) is 23.9 Å². The van der Waals surface area contributed by atoms with E-state index in [2.05, 4.69) is 28.1 Å². The minimum absolute atomic E-state index is 0. The first-order valence-electron chi connectivity index (χ1n) is 23.7. The molecule has 0 aliphatic carbocycles. The molecule has 378 valence electrons. The van der Waals surface area contributed by atoms with Crippen LogP contribution in [-0.2, 0) is 53.9 Å². The first-order valence-corrected chi connectivity index (χ1v) is 24.5. The third kappa shape index (κ3) is 21.1. The van der Waals surface area contributed by atoms with Crippen LogP contribution in [0.15, 0.2) is 30.3 Å². The van der Waals surface area contributed by atoms with Gasteiger partial charge in [0, 0.05) is 44.6 Å². The molecule has 8 atom stereocenters. The molecule has 1 aromatic rings. The lowest BCUT2D eigenvalue weighted by Crippen LogP contribution is -2.52. The predicted molar refractivity (Wildman–Crippen MR) is 252 cm³/mol. The number of hydrogen-bond acceptors (Lipinski definition) is 11. The number of aliphatic hydroxyl groups is 1. The van der Waals surface area contributed by atoms with Crippen molar-refractivity contribution in [3.8, 4) is 0 Å². The summed E-state index contributed by atoms with van der Waals surface area (Å²) in [5.74, 6) is -7.43. The van der Waals surface area contributed by atoms with Gasteiger partial charge in [0.05, 0.1) is 24.7 Å². The van der Waals surface area contributed by atoms with Crippen molar-refractivity contribution in [1.29, 1.82) is 0 Å². The standard InChI is InChI=1S/C48H74N5O11P.2H2O/c1-31(2)26-39(51-48(62)41-23-17-25-53(41)33(4)55)43(57)28-36-27-35(21-14-8-6-5-7-11-18-34-19-12-9-13-20-34)42(56)24-16-10-15-22-38(45(49)59)50-47(61)37(32(3)64-65-63)29-44(58)40(30-54)52-46(36)60;;/h9,12-13,19-20,31-32,35-41,54H,5-8,10-11,14-18,21-30H2,1-4H3,(H2,49,59)(H,50,61)(H,51,62)(H,52,60);2*1H2/t32-,35+,36-,37+,38?,39+,40+,41+;;/m1../s1. The highest BCUT2D eigenvalue weighted by Gasteiger charge is 2.38. The van der Waals surface area contributed by atoms with E-state index in [0.29, 0.717) is 51.5 Å². The summed E-state index contributed by atoms with van der Waals surface area (Å²) in [4.78, 5) is 110. The number of aliphatic hydroxyl groups excluding tert-OH is 1. The zero-order valence-electron chi connectivity index (χ0n) is 39.9. The van der Waals surface area contributed by atoms with Crippen molar-refractivity contribution in [3.05, 3.63) is 35.9 Å². The fraction of sp³-hybridized carbons (Fsp3) is 0.708. The molecule has 0 aromatic heterocycles. The Morgan fingerprint density at radius 2 is 1.54 bits per heavy atom. The number of amides is 5. The minimum Gasteiger partial charge on any atom is -0.412 e. The number of nitrogens with two attached hydrogens (primary N) is 1. The zero-order chi connectivity index (χ0) is 47.9. The SMILES string of the molecule is CC(=O)N1CCC[C@H]1C(=O)N[C@@H](CC(C)C)C(=O)C[C@H]1C[C@H](CCCCCCCCc2ccccc2)C(=O)CCCCCC(C(N)=O)NC(=O)[C@H]([C@@H](C)OP=O)CC(=O)[C@H](CO)NC1=O.O.O. The normalized spacial score (nSPS) is 23.4.